The van der Waals surface area contributed by atoms with Crippen LogP contribution in [-0.4, -0.2) is 54.0 Å². The number of carbonyl (C=O) groups is 2. The Bertz CT molecular complexity index is 611. The molecule has 1 aromatic rings. The number of nitrogens with zero attached hydrogens (tertiary/aromatic N) is 2. The van der Waals surface area contributed by atoms with Crippen LogP contribution in [0, 0.1) is 5.92 Å². The average Bonchev–Trinajstić information content (AvgIpc) is 2.95. The van der Waals surface area contributed by atoms with E-state index in [-0.39, 0.29) is 11.8 Å². The molecule has 2 amide bonds. The molecule has 1 saturated heterocycles. The molecule has 1 aliphatic heterocycles. The van der Waals surface area contributed by atoms with Crippen molar-refractivity contribution in [2.24, 2.45) is 5.92 Å². The van der Waals surface area contributed by atoms with Crippen LogP contribution in [0.2, 0.25) is 0 Å². The van der Waals surface area contributed by atoms with Gasteiger partial charge in [-0.2, -0.15) is 0 Å². The molecule has 1 saturated carbocycles. The van der Waals surface area contributed by atoms with Gasteiger partial charge in [0.15, 0.2) is 0 Å². The van der Waals surface area contributed by atoms with Gasteiger partial charge in [-0.15, -0.1) is 11.8 Å². The van der Waals surface area contributed by atoms with Crippen molar-refractivity contribution in [3.8, 4) is 0 Å². The number of benzene rings is 1. The maximum Gasteiger partial charge on any atom is 0.227 e. The van der Waals surface area contributed by atoms with Gasteiger partial charge in [0.05, 0.1) is 6.42 Å². The van der Waals surface area contributed by atoms with Crippen molar-refractivity contribution in [3.63, 3.8) is 0 Å². The fourth-order valence-electron chi connectivity index (χ4n) is 4.02. The van der Waals surface area contributed by atoms with E-state index in [1.807, 2.05) is 21.9 Å². The van der Waals surface area contributed by atoms with E-state index in [1.54, 1.807) is 11.8 Å². The van der Waals surface area contributed by atoms with Crippen molar-refractivity contribution in [1.29, 1.82) is 0 Å². The van der Waals surface area contributed by atoms with Crippen molar-refractivity contribution in [1.82, 2.24) is 9.80 Å². The predicted octanol–water partition coefficient (Wildman–Crippen LogP) is 3.59. The highest BCUT2D eigenvalue weighted by Crippen LogP contribution is 2.26. The summed E-state index contributed by atoms with van der Waals surface area (Å²) < 4.78 is 0. The maximum absolute atomic E-state index is 12.8. The summed E-state index contributed by atoms with van der Waals surface area (Å²) in [5.74, 6) is 0.724. The molecule has 1 aliphatic carbocycles. The Morgan fingerprint density at radius 1 is 0.923 bits per heavy atom. The molecule has 0 N–H and O–H groups in total. The van der Waals surface area contributed by atoms with Gasteiger partial charge < -0.3 is 9.80 Å². The minimum atomic E-state index is 0.175. The molecule has 5 heteroatoms. The van der Waals surface area contributed by atoms with Crippen LogP contribution < -0.4 is 0 Å². The summed E-state index contributed by atoms with van der Waals surface area (Å²) >= 11 is 1.71. The van der Waals surface area contributed by atoms with Crippen molar-refractivity contribution in [2.75, 3.05) is 32.4 Å². The number of thioether (sulfide) groups is 1. The van der Waals surface area contributed by atoms with Gasteiger partial charge in [-0.3, -0.25) is 9.59 Å². The van der Waals surface area contributed by atoms with Gasteiger partial charge in [-0.05, 0) is 43.2 Å². The predicted molar refractivity (Wildman–Crippen MR) is 106 cm³/mol. The Kier molecular flexibility index (Phi) is 7.00. The highest BCUT2D eigenvalue weighted by Gasteiger charge is 2.28. The molecule has 0 bridgehead atoms. The molecule has 26 heavy (non-hydrogen) atoms. The van der Waals surface area contributed by atoms with Crippen LogP contribution in [0.25, 0.3) is 0 Å². The lowest BCUT2D eigenvalue weighted by Crippen LogP contribution is -2.40. The molecule has 3 rings (SSSR count). The average molecular weight is 375 g/mol. The number of hydrogen-bond donors (Lipinski definition) is 0. The van der Waals surface area contributed by atoms with Crippen molar-refractivity contribution >= 4 is 23.6 Å². The Morgan fingerprint density at radius 3 is 2.27 bits per heavy atom. The summed E-state index contributed by atoms with van der Waals surface area (Å²) in [6, 6.07) is 8.22. The third kappa shape index (κ3) is 5.03. The minimum absolute atomic E-state index is 0.175. The summed E-state index contributed by atoms with van der Waals surface area (Å²) in [5, 5.41) is 0. The molecule has 1 heterocycles. The standard InChI is InChI=1S/C21H30N2O2S/c1-26-19-10-8-17(9-11-19)16-20(24)22-12-5-13-23(15-14-22)21(25)18-6-3-2-4-7-18/h8-11,18H,2-7,12-16H2,1H3. The molecule has 2 aliphatic rings. The molecule has 0 unspecified atom stereocenters. The second-order valence-electron chi connectivity index (χ2n) is 7.42. The molecule has 0 aromatic heterocycles. The smallest absolute Gasteiger partial charge is 0.227 e. The Morgan fingerprint density at radius 2 is 1.58 bits per heavy atom. The monoisotopic (exact) mass is 374 g/mol. The van der Waals surface area contributed by atoms with Gasteiger partial charge in [0.1, 0.15) is 0 Å². The zero-order chi connectivity index (χ0) is 18.4. The first-order valence-corrected chi connectivity index (χ1v) is 11.1. The van der Waals surface area contributed by atoms with E-state index in [2.05, 4.69) is 18.4 Å². The minimum Gasteiger partial charge on any atom is -0.341 e. The molecule has 1 aromatic carbocycles. The SMILES string of the molecule is CSc1ccc(CC(=O)N2CCCN(C(=O)C3CCCCC3)CC2)cc1. The first-order chi connectivity index (χ1) is 12.7. The van der Waals surface area contributed by atoms with Crippen molar-refractivity contribution in [3.05, 3.63) is 29.8 Å². The number of carbonyl (C=O) groups excluding carboxylic acids is 2. The van der Waals surface area contributed by atoms with Crippen LogP contribution in [0.4, 0.5) is 0 Å². The van der Waals surface area contributed by atoms with Gasteiger partial charge in [-0.1, -0.05) is 31.4 Å². The molecular weight excluding hydrogens is 344 g/mol. The van der Waals surface area contributed by atoms with Crippen LogP contribution >= 0.6 is 11.8 Å². The zero-order valence-corrected chi connectivity index (χ0v) is 16.6. The summed E-state index contributed by atoms with van der Waals surface area (Å²) in [6.07, 6.45) is 9.12. The fourth-order valence-corrected chi connectivity index (χ4v) is 4.43. The van der Waals surface area contributed by atoms with Crippen LogP contribution in [0.5, 0.6) is 0 Å². The summed E-state index contributed by atoms with van der Waals surface area (Å²) in [4.78, 5) is 30.6. The van der Waals surface area contributed by atoms with Gasteiger partial charge in [0.2, 0.25) is 11.8 Å². The number of rotatable bonds is 4. The molecule has 142 valence electrons. The van der Waals surface area contributed by atoms with Crippen LogP contribution in [0.1, 0.15) is 44.1 Å². The highest BCUT2D eigenvalue weighted by molar-refractivity contribution is 7.98. The van der Waals surface area contributed by atoms with Crippen LogP contribution in [0.3, 0.4) is 0 Å². The van der Waals surface area contributed by atoms with E-state index in [1.165, 1.54) is 24.2 Å². The Hall–Kier alpha value is -1.49. The van der Waals surface area contributed by atoms with Crippen LogP contribution in [-0.2, 0) is 16.0 Å². The second-order valence-corrected chi connectivity index (χ2v) is 8.30. The quantitative estimate of drug-likeness (QED) is 0.756. The van der Waals surface area contributed by atoms with E-state index < -0.39 is 0 Å². The van der Waals surface area contributed by atoms with Gasteiger partial charge in [-0.25, -0.2) is 0 Å². The van der Waals surface area contributed by atoms with Crippen molar-refractivity contribution in [2.45, 2.75) is 49.8 Å². The summed E-state index contributed by atoms with van der Waals surface area (Å²) in [5.41, 5.74) is 1.06. The number of hydrogen-bond acceptors (Lipinski definition) is 3. The van der Waals surface area contributed by atoms with E-state index in [4.69, 9.17) is 0 Å². The Balaban J connectivity index is 1.52. The molecule has 0 atom stereocenters. The fraction of sp³-hybridized carbons (Fsp3) is 0.619. The van der Waals surface area contributed by atoms with Crippen molar-refractivity contribution < 1.29 is 9.59 Å². The molecule has 2 fully saturated rings. The topological polar surface area (TPSA) is 40.6 Å². The molecule has 0 radical (unpaired) electrons. The van der Waals surface area contributed by atoms with E-state index in [9.17, 15) is 9.59 Å². The van der Waals surface area contributed by atoms with Gasteiger partial charge in [0.25, 0.3) is 0 Å². The Labute approximate surface area is 161 Å². The van der Waals surface area contributed by atoms with E-state index in [0.29, 0.717) is 25.4 Å². The van der Waals surface area contributed by atoms with E-state index >= 15 is 0 Å². The second kappa shape index (κ2) is 9.45. The molecular formula is C21H30N2O2S. The normalized spacial score (nSPS) is 19.3. The van der Waals surface area contributed by atoms with Crippen LogP contribution in [0.15, 0.2) is 29.2 Å². The lowest BCUT2D eigenvalue weighted by Gasteiger charge is -2.28. The summed E-state index contributed by atoms with van der Waals surface area (Å²) in [7, 11) is 0. The largest absolute Gasteiger partial charge is 0.341 e. The summed E-state index contributed by atoms with van der Waals surface area (Å²) in [6.45, 7) is 2.91. The lowest BCUT2D eigenvalue weighted by molar-refractivity contribution is -0.137. The van der Waals surface area contributed by atoms with E-state index in [0.717, 1.165) is 37.9 Å². The highest BCUT2D eigenvalue weighted by atomic mass is 32.2. The maximum atomic E-state index is 12.8. The number of amides is 2. The first kappa shape index (κ1) is 19.3. The van der Waals surface area contributed by atoms with Gasteiger partial charge >= 0.3 is 0 Å². The third-order valence-corrected chi connectivity index (χ3v) is 6.37. The third-order valence-electron chi connectivity index (χ3n) is 5.63. The van der Waals surface area contributed by atoms with Gasteiger partial charge in [0, 0.05) is 37.0 Å². The molecule has 4 nitrogen and oxygen atoms in total. The lowest BCUT2D eigenvalue weighted by atomic mass is 9.88. The molecule has 0 spiro atoms. The zero-order valence-electron chi connectivity index (χ0n) is 15.8. The first-order valence-electron chi connectivity index (χ1n) is 9.87.